The first-order chi connectivity index (χ1) is 13.4. The van der Waals surface area contributed by atoms with Crippen LogP contribution in [0.3, 0.4) is 0 Å². The number of hydrogen-bond donors (Lipinski definition) is 1. The number of aromatic nitrogens is 3. The molecule has 28 heavy (non-hydrogen) atoms. The second kappa shape index (κ2) is 7.14. The Morgan fingerprint density at radius 2 is 1.93 bits per heavy atom. The van der Waals surface area contributed by atoms with E-state index in [-0.39, 0.29) is 17.3 Å². The molecule has 3 heterocycles. The summed E-state index contributed by atoms with van der Waals surface area (Å²) in [7, 11) is 3.20. The van der Waals surface area contributed by atoms with Gasteiger partial charge in [0.2, 0.25) is 0 Å². The number of rotatable bonds is 3. The summed E-state index contributed by atoms with van der Waals surface area (Å²) in [5.41, 5.74) is 7.59. The molecule has 0 saturated carbocycles. The zero-order valence-corrected chi connectivity index (χ0v) is 16.8. The normalized spacial score (nSPS) is 17.4. The van der Waals surface area contributed by atoms with Crippen molar-refractivity contribution in [3.8, 4) is 0 Å². The van der Waals surface area contributed by atoms with E-state index in [4.69, 9.17) is 17.3 Å². The number of benzene rings is 1. The minimum atomic E-state index is -0.339. The molecule has 0 amide bonds. The lowest BCUT2D eigenvalue weighted by Crippen LogP contribution is -2.43. The van der Waals surface area contributed by atoms with E-state index >= 15 is 0 Å². The molecule has 0 bridgehead atoms. The van der Waals surface area contributed by atoms with Gasteiger partial charge in [-0.15, -0.1) is 0 Å². The molecule has 1 aromatic carbocycles. The average molecular weight is 402 g/mol. The molecule has 0 spiro atoms. The molecule has 4 rings (SSSR count). The number of halogens is 1. The zero-order valence-electron chi connectivity index (χ0n) is 16.1. The third-order valence-corrected chi connectivity index (χ3v) is 5.93. The summed E-state index contributed by atoms with van der Waals surface area (Å²) >= 11 is 6.40. The Kier molecular flexibility index (Phi) is 4.81. The van der Waals surface area contributed by atoms with Crippen molar-refractivity contribution in [3.63, 3.8) is 0 Å². The van der Waals surface area contributed by atoms with Crippen LogP contribution in [0.25, 0.3) is 11.0 Å². The average Bonchev–Trinajstić information content (AvgIpc) is 3.06. The molecule has 3 aromatic rings. The van der Waals surface area contributed by atoms with Crippen molar-refractivity contribution in [2.75, 3.05) is 18.0 Å². The standard InChI is InChI=1S/C20H24ClN5O2/c1-23-16-10-17(25-9-5-7-14(22)12-25)26(11-13-6-3-4-8-15(13)21)18(16)19(27)24(2)20(23)28/h3-4,6,8,10,14H,5,7,9,11-12,22H2,1-2H3/t14-/m1/s1. The maximum Gasteiger partial charge on any atom is 0.331 e. The molecule has 148 valence electrons. The fourth-order valence-corrected chi connectivity index (χ4v) is 4.21. The van der Waals surface area contributed by atoms with Crippen LogP contribution in [0, 0.1) is 0 Å². The molecule has 1 aliphatic heterocycles. The Balaban J connectivity index is 1.98. The van der Waals surface area contributed by atoms with Crippen molar-refractivity contribution >= 4 is 28.5 Å². The molecule has 8 heteroatoms. The molecular formula is C20H24ClN5O2. The summed E-state index contributed by atoms with van der Waals surface area (Å²) in [5, 5.41) is 0.646. The Morgan fingerprint density at radius 1 is 1.18 bits per heavy atom. The topological polar surface area (TPSA) is 78.2 Å². The largest absolute Gasteiger partial charge is 0.356 e. The summed E-state index contributed by atoms with van der Waals surface area (Å²) in [6.07, 6.45) is 1.98. The number of nitrogens with zero attached hydrogens (tertiary/aromatic N) is 4. The quantitative estimate of drug-likeness (QED) is 0.724. The van der Waals surface area contributed by atoms with Gasteiger partial charge in [-0.3, -0.25) is 13.9 Å². The summed E-state index contributed by atoms with van der Waals surface area (Å²) < 4.78 is 4.64. The van der Waals surface area contributed by atoms with Gasteiger partial charge >= 0.3 is 5.69 Å². The summed E-state index contributed by atoms with van der Waals surface area (Å²) in [4.78, 5) is 27.6. The highest BCUT2D eigenvalue weighted by Crippen LogP contribution is 2.28. The van der Waals surface area contributed by atoms with Gasteiger partial charge in [0.15, 0.2) is 0 Å². The molecule has 1 saturated heterocycles. The molecule has 7 nitrogen and oxygen atoms in total. The van der Waals surface area contributed by atoms with Gasteiger partial charge in [0.25, 0.3) is 5.56 Å². The second-order valence-electron chi connectivity index (χ2n) is 7.47. The predicted molar refractivity (Wildman–Crippen MR) is 112 cm³/mol. The van der Waals surface area contributed by atoms with Crippen LogP contribution in [0.15, 0.2) is 39.9 Å². The Hall–Kier alpha value is -2.51. The monoisotopic (exact) mass is 401 g/mol. The number of hydrogen-bond acceptors (Lipinski definition) is 4. The number of aryl methyl sites for hydroxylation is 1. The number of fused-ring (bicyclic) bond motifs is 1. The Labute approximate surface area is 167 Å². The van der Waals surface area contributed by atoms with Gasteiger partial charge in [-0.1, -0.05) is 29.8 Å². The first-order valence-electron chi connectivity index (χ1n) is 9.41. The number of anilines is 1. The lowest BCUT2D eigenvalue weighted by molar-refractivity contribution is 0.499. The van der Waals surface area contributed by atoms with E-state index in [1.807, 2.05) is 34.9 Å². The van der Waals surface area contributed by atoms with E-state index in [0.29, 0.717) is 29.1 Å². The Bertz CT molecular complexity index is 1160. The molecule has 0 aliphatic carbocycles. The third-order valence-electron chi connectivity index (χ3n) is 5.57. The van der Waals surface area contributed by atoms with Crippen molar-refractivity contribution < 1.29 is 0 Å². The minimum absolute atomic E-state index is 0.0900. The van der Waals surface area contributed by atoms with E-state index in [0.717, 1.165) is 35.3 Å². The number of nitrogens with two attached hydrogens (primary N) is 1. The van der Waals surface area contributed by atoms with E-state index in [9.17, 15) is 9.59 Å². The van der Waals surface area contributed by atoms with Crippen LogP contribution in [0.4, 0.5) is 5.82 Å². The first-order valence-corrected chi connectivity index (χ1v) is 9.79. The number of piperidine rings is 1. The van der Waals surface area contributed by atoms with Crippen molar-refractivity contribution in [1.29, 1.82) is 0 Å². The van der Waals surface area contributed by atoms with Crippen LogP contribution < -0.4 is 21.9 Å². The zero-order chi connectivity index (χ0) is 20.0. The van der Waals surface area contributed by atoms with Gasteiger partial charge in [-0.25, -0.2) is 4.79 Å². The summed E-state index contributed by atoms with van der Waals surface area (Å²) in [6.45, 7) is 2.02. The smallest absolute Gasteiger partial charge is 0.331 e. The molecule has 1 atom stereocenters. The van der Waals surface area contributed by atoms with Crippen LogP contribution in [-0.4, -0.2) is 32.8 Å². The first kappa shape index (κ1) is 18.8. The van der Waals surface area contributed by atoms with Crippen molar-refractivity contribution in [3.05, 3.63) is 61.8 Å². The molecule has 2 aromatic heterocycles. The lowest BCUT2D eigenvalue weighted by atomic mass is 10.1. The van der Waals surface area contributed by atoms with E-state index in [1.54, 1.807) is 7.05 Å². The van der Waals surface area contributed by atoms with Crippen molar-refractivity contribution in [2.24, 2.45) is 19.8 Å². The molecule has 1 fully saturated rings. The lowest BCUT2D eigenvalue weighted by Gasteiger charge is -2.33. The molecule has 2 N–H and O–H groups in total. The molecule has 0 radical (unpaired) electrons. The molecule has 1 aliphatic rings. The van der Waals surface area contributed by atoms with E-state index in [2.05, 4.69) is 4.90 Å². The third kappa shape index (κ3) is 3.04. The summed E-state index contributed by atoms with van der Waals surface area (Å²) in [6, 6.07) is 9.61. The highest BCUT2D eigenvalue weighted by atomic mass is 35.5. The van der Waals surface area contributed by atoms with E-state index in [1.165, 1.54) is 11.6 Å². The van der Waals surface area contributed by atoms with Crippen LogP contribution >= 0.6 is 11.6 Å². The van der Waals surface area contributed by atoms with Crippen LogP contribution in [0.1, 0.15) is 18.4 Å². The van der Waals surface area contributed by atoms with Crippen LogP contribution in [0.5, 0.6) is 0 Å². The van der Waals surface area contributed by atoms with Gasteiger partial charge in [-0.05, 0) is 24.5 Å². The van der Waals surface area contributed by atoms with E-state index < -0.39 is 0 Å². The van der Waals surface area contributed by atoms with Gasteiger partial charge in [0, 0.05) is 44.3 Å². The van der Waals surface area contributed by atoms with Gasteiger partial charge in [-0.2, -0.15) is 0 Å². The van der Waals surface area contributed by atoms with Gasteiger partial charge in [0.05, 0.1) is 12.1 Å². The second-order valence-corrected chi connectivity index (χ2v) is 7.88. The summed E-state index contributed by atoms with van der Waals surface area (Å²) in [5.74, 6) is 0.892. The molecular weight excluding hydrogens is 378 g/mol. The maximum absolute atomic E-state index is 13.0. The van der Waals surface area contributed by atoms with Gasteiger partial charge in [0.1, 0.15) is 11.3 Å². The maximum atomic E-state index is 13.0. The van der Waals surface area contributed by atoms with Crippen LogP contribution in [-0.2, 0) is 20.6 Å². The van der Waals surface area contributed by atoms with Crippen molar-refractivity contribution in [1.82, 2.24) is 13.7 Å². The highest BCUT2D eigenvalue weighted by Gasteiger charge is 2.24. The fraction of sp³-hybridized carbons (Fsp3) is 0.400. The molecule has 0 unspecified atom stereocenters. The SMILES string of the molecule is Cn1c(=O)c2c(cc(N3CCC[C@@H](N)C3)n2Cc2ccccc2Cl)n(C)c1=O. The Morgan fingerprint density at radius 3 is 2.64 bits per heavy atom. The minimum Gasteiger partial charge on any atom is -0.356 e. The van der Waals surface area contributed by atoms with Crippen molar-refractivity contribution in [2.45, 2.75) is 25.4 Å². The fourth-order valence-electron chi connectivity index (χ4n) is 4.01. The van der Waals surface area contributed by atoms with Crippen LogP contribution in [0.2, 0.25) is 5.02 Å². The highest BCUT2D eigenvalue weighted by molar-refractivity contribution is 6.31. The predicted octanol–water partition coefficient (Wildman–Crippen LogP) is 1.67. The van der Waals surface area contributed by atoms with Gasteiger partial charge < -0.3 is 15.2 Å².